The quantitative estimate of drug-likeness (QED) is 0.886. The van der Waals surface area contributed by atoms with Gasteiger partial charge in [-0.25, -0.2) is 4.98 Å². The number of aromatic nitrogens is 2. The summed E-state index contributed by atoms with van der Waals surface area (Å²) in [5, 5.41) is 9.87. The Bertz CT molecular complexity index is 476. The lowest BCUT2D eigenvalue weighted by atomic mass is 10.2. The highest BCUT2D eigenvalue weighted by Crippen LogP contribution is 2.17. The number of aliphatic hydroxyl groups is 1. The molecule has 0 spiro atoms. The number of benzene rings is 1. The van der Waals surface area contributed by atoms with Crippen LogP contribution >= 0.6 is 27.7 Å². The lowest BCUT2D eigenvalue weighted by Gasteiger charge is -2.10. The van der Waals surface area contributed by atoms with Crippen LogP contribution in [0, 0.1) is 0 Å². The standard InChI is InChI=1S/C13H15BrN2OS/c14-12-3-1-2-11(6-12)8-18-9-13(17)7-16-5-4-15-10-16/h1-6,10,13,17H,7-9H2. The van der Waals surface area contributed by atoms with E-state index in [-0.39, 0.29) is 6.10 Å². The minimum atomic E-state index is -0.337. The van der Waals surface area contributed by atoms with Crippen molar-refractivity contribution in [2.24, 2.45) is 0 Å². The van der Waals surface area contributed by atoms with E-state index >= 15 is 0 Å². The van der Waals surface area contributed by atoms with Gasteiger partial charge in [-0.05, 0) is 17.7 Å². The molecule has 1 heterocycles. The Labute approximate surface area is 119 Å². The molecular weight excluding hydrogens is 312 g/mol. The van der Waals surface area contributed by atoms with Crippen LogP contribution in [0.4, 0.5) is 0 Å². The molecule has 0 saturated heterocycles. The molecule has 5 heteroatoms. The summed E-state index contributed by atoms with van der Waals surface area (Å²) in [6.07, 6.45) is 4.97. The highest BCUT2D eigenvalue weighted by molar-refractivity contribution is 9.10. The molecule has 1 unspecified atom stereocenters. The predicted octanol–water partition coefficient (Wildman–Crippen LogP) is 2.94. The Balaban J connectivity index is 1.72. The fourth-order valence-electron chi connectivity index (χ4n) is 1.63. The zero-order valence-corrected chi connectivity index (χ0v) is 12.3. The second-order valence-corrected chi connectivity index (χ2v) is 6.00. The minimum Gasteiger partial charge on any atom is -0.390 e. The molecular formula is C13H15BrN2OS. The van der Waals surface area contributed by atoms with Crippen molar-refractivity contribution in [3.05, 3.63) is 53.0 Å². The summed E-state index contributed by atoms with van der Waals surface area (Å²) in [5.41, 5.74) is 1.27. The van der Waals surface area contributed by atoms with Crippen molar-refractivity contribution >= 4 is 27.7 Å². The first-order chi connectivity index (χ1) is 8.74. The maximum Gasteiger partial charge on any atom is 0.0946 e. The number of hydrogen-bond donors (Lipinski definition) is 1. The van der Waals surface area contributed by atoms with Gasteiger partial charge in [0.2, 0.25) is 0 Å². The first-order valence-electron chi connectivity index (χ1n) is 5.70. The van der Waals surface area contributed by atoms with Crippen molar-refractivity contribution < 1.29 is 5.11 Å². The Kier molecular flexibility index (Phi) is 5.28. The van der Waals surface area contributed by atoms with Gasteiger partial charge in [0.1, 0.15) is 0 Å². The van der Waals surface area contributed by atoms with Gasteiger partial charge in [-0.1, -0.05) is 28.1 Å². The summed E-state index contributed by atoms with van der Waals surface area (Å²) in [4.78, 5) is 3.95. The molecule has 0 saturated carbocycles. The second kappa shape index (κ2) is 6.97. The van der Waals surface area contributed by atoms with Gasteiger partial charge in [-0.2, -0.15) is 11.8 Å². The summed E-state index contributed by atoms with van der Waals surface area (Å²) >= 11 is 5.19. The highest BCUT2D eigenvalue weighted by Gasteiger charge is 2.05. The van der Waals surface area contributed by atoms with Gasteiger partial charge in [0.15, 0.2) is 0 Å². The lowest BCUT2D eigenvalue weighted by molar-refractivity contribution is 0.178. The fourth-order valence-corrected chi connectivity index (χ4v) is 2.99. The van der Waals surface area contributed by atoms with Crippen LogP contribution in [0.25, 0.3) is 0 Å². The molecule has 1 aromatic carbocycles. The maximum atomic E-state index is 9.87. The van der Waals surface area contributed by atoms with Crippen LogP contribution in [-0.2, 0) is 12.3 Å². The zero-order chi connectivity index (χ0) is 12.8. The Hall–Kier alpha value is -0.780. The molecule has 18 heavy (non-hydrogen) atoms. The van der Waals surface area contributed by atoms with Crippen molar-refractivity contribution in [2.45, 2.75) is 18.4 Å². The second-order valence-electron chi connectivity index (χ2n) is 4.06. The molecule has 0 bridgehead atoms. The number of imidazole rings is 1. The van der Waals surface area contributed by atoms with Gasteiger partial charge < -0.3 is 9.67 Å². The number of rotatable bonds is 6. The average Bonchev–Trinajstić information content (AvgIpc) is 2.82. The van der Waals surface area contributed by atoms with Crippen LogP contribution in [0.5, 0.6) is 0 Å². The van der Waals surface area contributed by atoms with E-state index in [1.165, 1.54) is 5.56 Å². The van der Waals surface area contributed by atoms with E-state index in [0.717, 1.165) is 16.0 Å². The summed E-state index contributed by atoms with van der Waals surface area (Å²) in [6.45, 7) is 0.603. The third-order valence-corrected chi connectivity index (χ3v) is 4.10. The molecule has 3 nitrogen and oxygen atoms in total. The zero-order valence-electron chi connectivity index (χ0n) is 9.87. The molecule has 0 radical (unpaired) electrons. The normalized spacial score (nSPS) is 12.6. The first kappa shape index (κ1) is 13.6. The number of nitrogens with zero attached hydrogens (tertiary/aromatic N) is 2. The number of thioether (sulfide) groups is 1. The van der Waals surface area contributed by atoms with E-state index in [1.807, 2.05) is 22.9 Å². The number of hydrogen-bond acceptors (Lipinski definition) is 3. The molecule has 0 aliphatic carbocycles. The Morgan fingerprint density at radius 2 is 2.33 bits per heavy atom. The summed E-state index contributed by atoms with van der Waals surface area (Å²) in [6, 6.07) is 8.25. The van der Waals surface area contributed by atoms with Crippen molar-refractivity contribution in [2.75, 3.05) is 5.75 Å². The molecule has 2 rings (SSSR count). The SMILES string of the molecule is OC(CSCc1cccc(Br)c1)Cn1ccnc1. The van der Waals surface area contributed by atoms with Crippen molar-refractivity contribution in [1.29, 1.82) is 0 Å². The maximum absolute atomic E-state index is 9.87. The largest absolute Gasteiger partial charge is 0.390 e. The Morgan fingerprint density at radius 3 is 3.06 bits per heavy atom. The fraction of sp³-hybridized carbons (Fsp3) is 0.308. The Morgan fingerprint density at radius 1 is 1.44 bits per heavy atom. The molecule has 1 N–H and O–H groups in total. The minimum absolute atomic E-state index is 0.337. The van der Waals surface area contributed by atoms with E-state index < -0.39 is 0 Å². The van der Waals surface area contributed by atoms with Gasteiger partial charge in [0.25, 0.3) is 0 Å². The van der Waals surface area contributed by atoms with Gasteiger partial charge >= 0.3 is 0 Å². The van der Waals surface area contributed by atoms with Gasteiger partial charge in [-0.3, -0.25) is 0 Å². The molecule has 0 fully saturated rings. The van der Waals surface area contributed by atoms with Gasteiger partial charge in [0, 0.05) is 28.4 Å². The third kappa shape index (κ3) is 4.48. The van der Waals surface area contributed by atoms with E-state index in [2.05, 4.69) is 33.0 Å². The average molecular weight is 327 g/mol. The monoisotopic (exact) mass is 326 g/mol. The van der Waals surface area contributed by atoms with Crippen molar-refractivity contribution in [3.63, 3.8) is 0 Å². The summed E-state index contributed by atoms with van der Waals surface area (Å²) in [5.74, 6) is 1.64. The first-order valence-corrected chi connectivity index (χ1v) is 7.65. The number of halogens is 1. The van der Waals surface area contributed by atoms with Crippen LogP contribution in [-0.4, -0.2) is 26.5 Å². The molecule has 2 aromatic rings. The molecule has 96 valence electrons. The molecule has 1 atom stereocenters. The van der Waals surface area contributed by atoms with Crippen molar-refractivity contribution in [3.8, 4) is 0 Å². The highest BCUT2D eigenvalue weighted by atomic mass is 79.9. The molecule has 0 aliphatic heterocycles. The lowest BCUT2D eigenvalue weighted by Crippen LogP contribution is -2.17. The van der Waals surface area contributed by atoms with Gasteiger partial charge in [-0.15, -0.1) is 0 Å². The predicted molar refractivity (Wildman–Crippen MR) is 78.5 cm³/mol. The van der Waals surface area contributed by atoms with Crippen LogP contribution < -0.4 is 0 Å². The van der Waals surface area contributed by atoms with Crippen molar-refractivity contribution in [1.82, 2.24) is 9.55 Å². The van der Waals surface area contributed by atoms with E-state index in [4.69, 9.17) is 0 Å². The molecule has 0 amide bonds. The molecule has 1 aromatic heterocycles. The van der Waals surface area contributed by atoms with Gasteiger partial charge in [0.05, 0.1) is 19.0 Å². The van der Waals surface area contributed by atoms with Crippen LogP contribution in [0.3, 0.4) is 0 Å². The summed E-state index contributed by atoms with van der Waals surface area (Å²) < 4.78 is 2.99. The van der Waals surface area contributed by atoms with E-state index in [1.54, 1.807) is 24.3 Å². The number of aliphatic hydroxyl groups excluding tert-OH is 1. The van der Waals surface area contributed by atoms with Crippen LogP contribution in [0.15, 0.2) is 47.5 Å². The topological polar surface area (TPSA) is 38.0 Å². The third-order valence-electron chi connectivity index (χ3n) is 2.45. The molecule has 0 aliphatic rings. The van der Waals surface area contributed by atoms with Crippen LogP contribution in [0.1, 0.15) is 5.56 Å². The van der Waals surface area contributed by atoms with E-state index in [9.17, 15) is 5.11 Å². The summed E-state index contributed by atoms with van der Waals surface area (Å²) in [7, 11) is 0. The smallest absolute Gasteiger partial charge is 0.0946 e. The van der Waals surface area contributed by atoms with E-state index in [0.29, 0.717) is 6.54 Å². The van der Waals surface area contributed by atoms with Crippen LogP contribution in [0.2, 0.25) is 0 Å².